The zero-order chi connectivity index (χ0) is 14.0. The Balaban J connectivity index is 2.09. The topological polar surface area (TPSA) is 46.6 Å². The monoisotopic (exact) mass is 265 g/mol. The van der Waals surface area contributed by atoms with Crippen LogP contribution in [0.4, 0.5) is 4.39 Å². The summed E-state index contributed by atoms with van der Waals surface area (Å²) in [7, 11) is 1.34. The molecule has 0 aliphatic carbocycles. The van der Waals surface area contributed by atoms with Crippen molar-refractivity contribution < 1.29 is 18.7 Å². The fourth-order valence-electron chi connectivity index (χ4n) is 2.21. The average Bonchev–Trinajstić information content (AvgIpc) is 2.89. The second-order valence-electron chi connectivity index (χ2n) is 4.72. The minimum atomic E-state index is -0.394. The SMILES string of the molecule is COC(=O)C1CCN(C(=O)c2ccc(C)c(F)c2)C1. The number of hydrogen-bond donors (Lipinski definition) is 0. The van der Waals surface area contributed by atoms with Crippen molar-refractivity contribution in [2.24, 2.45) is 5.92 Å². The minimum Gasteiger partial charge on any atom is -0.469 e. The molecule has 0 spiro atoms. The van der Waals surface area contributed by atoms with E-state index in [-0.39, 0.29) is 17.8 Å². The van der Waals surface area contributed by atoms with Crippen LogP contribution in [0, 0.1) is 18.7 Å². The lowest BCUT2D eigenvalue weighted by molar-refractivity contribution is -0.144. The molecule has 4 nitrogen and oxygen atoms in total. The van der Waals surface area contributed by atoms with Gasteiger partial charge in [-0.3, -0.25) is 9.59 Å². The number of nitrogens with zero attached hydrogens (tertiary/aromatic N) is 1. The Morgan fingerprint density at radius 2 is 2.16 bits per heavy atom. The summed E-state index contributed by atoms with van der Waals surface area (Å²) in [6.07, 6.45) is 0.590. The van der Waals surface area contributed by atoms with E-state index in [4.69, 9.17) is 0 Å². The lowest BCUT2D eigenvalue weighted by Crippen LogP contribution is -2.30. The second kappa shape index (κ2) is 5.38. The summed E-state index contributed by atoms with van der Waals surface area (Å²) < 4.78 is 18.1. The Bertz CT molecular complexity index is 515. The fraction of sp³-hybridized carbons (Fsp3) is 0.429. The predicted molar refractivity (Wildman–Crippen MR) is 67.2 cm³/mol. The molecule has 0 saturated carbocycles. The molecule has 19 heavy (non-hydrogen) atoms. The molecule has 5 heteroatoms. The van der Waals surface area contributed by atoms with E-state index < -0.39 is 5.82 Å². The summed E-state index contributed by atoms with van der Waals surface area (Å²) >= 11 is 0. The molecule has 1 aliphatic heterocycles. The van der Waals surface area contributed by atoms with Gasteiger partial charge in [-0.15, -0.1) is 0 Å². The smallest absolute Gasteiger partial charge is 0.310 e. The number of hydrogen-bond acceptors (Lipinski definition) is 3. The van der Waals surface area contributed by atoms with Gasteiger partial charge in [0.25, 0.3) is 5.91 Å². The van der Waals surface area contributed by atoms with Crippen molar-refractivity contribution in [1.82, 2.24) is 4.90 Å². The standard InChI is InChI=1S/C14H16FNO3/c1-9-3-4-10(7-12(9)15)13(17)16-6-5-11(8-16)14(18)19-2/h3-4,7,11H,5-6,8H2,1-2H3. The highest BCUT2D eigenvalue weighted by atomic mass is 19.1. The summed E-state index contributed by atoms with van der Waals surface area (Å²) in [6.45, 7) is 2.47. The third-order valence-electron chi connectivity index (χ3n) is 3.43. The number of halogens is 1. The Labute approximate surface area is 111 Å². The van der Waals surface area contributed by atoms with E-state index in [1.165, 1.54) is 13.2 Å². The van der Waals surface area contributed by atoms with E-state index in [0.717, 1.165) is 0 Å². The van der Waals surface area contributed by atoms with Crippen LogP contribution in [0.2, 0.25) is 0 Å². The van der Waals surface area contributed by atoms with Gasteiger partial charge in [-0.25, -0.2) is 4.39 Å². The molecule has 1 atom stereocenters. The molecular weight excluding hydrogens is 249 g/mol. The maximum absolute atomic E-state index is 13.4. The number of aryl methyl sites for hydroxylation is 1. The third-order valence-corrected chi connectivity index (χ3v) is 3.43. The molecule has 1 unspecified atom stereocenters. The largest absolute Gasteiger partial charge is 0.469 e. The van der Waals surface area contributed by atoms with Crippen LogP contribution in [-0.2, 0) is 9.53 Å². The zero-order valence-electron chi connectivity index (χ0n) is 11.0. The number of likely N-dealkylation sites (tertiary alicyclic amines) is 1. The van der Waals surface area contributed by atoms with E-state index in [2.05, 4.69) is 4.74 Å². The Hall–Kier alpha value is -1.91. The molecule has 0 bridgehead atoms. The van der Waals surface area contributed by atoms with E-state index in [0.29, 0.717) is 30.6 Å². The quantitative estimate of drug-likeness (QED) is 0.766. The van der Waals surface area contributed by atoms with Gasteiger partial charge in [-0.1, -0.05) is 6.07 Å². The van der Waals surface area contributed by atoms with Gasteiger partial charge in [0.2, 0.25) is 0 Å². The average molecular weight is 265 g/mol. The highest BCUT2D eigenvalue weighted by Gasteiger charge is 2.32. The van der Waals surface area contributed by atoms with E-state index >= 15 is 0 Å². The summed E-state index contributed by atoms with van der Waals surface area (Å²) in [5.41, 5.74) is 0.819. The van der Waals surface area contributed by atoms with Crippen LogP contribution in [-0.4, -0.2) is 37.0 Å². The van der Waals surface area contributed by atoms with Crippen molar-refractivity contribution in [3.63, 3.8) is 0 Å². The molecule has 102 valence electrons. The molecule has 1 saturated heterocycles. The minimum absolute atomic E-state index is 0.245. The van der Waals surface area contributed by atoms with Crippen LogP contribution in [0.5, 0.6) is 0 Å². The van der Waals surface area contributed by atoms with E-state index in [9.17, 15) is 14.0 Å². The first-order valence-electron chi connectivity index (χ1n) is 6.16. The number of esters is 1. The van der Waals surface area contributed by atoms with Crippen LogP contribution in [0.15, 0.2) is 18.2 Å². The summed E-state index contributed by atoms with van der Waals surface area (Å²) in [5, 5.41) is 0. The fourth-order valence-corrected chi connectivity index (χ4v) is 2.21. The van der Waals surface area contributed by atoms with Gasteiger partial charge < -0.3 is 9.64 Å². The van der Waals surface area contributed by atoms with Crippen molar-refractivity contribution >= 4 is 11.9 Å². The van der Waals surface area contributed by atoms with Gasteiger partial charge in [0.1, 0.15) is 5.82 Å². The van der Waals surface area contributed by atoms with Crippen molar-refractivity contribution in [3.05, 3.63) is 35.1 Å². The van der Waals surface area contributed by atoms with Crippen molar-refractivity contribution in [2.75, 3.05) is 20.2 Å². The maximum Gasteiger partial charge on any atom is 0.310 e. The molecule has 1 aliphatic rings. The van der Waals surface area contributed by atoms with E-state index in [1.54, 1.807) is 24.0 Å². The van der Waals surface area contributed by atoms with Gasteiger partial charge in [0.05, 0.1) is 13.0 Å². The molecule has 1 amide bonds. The summed E-state index contributed by atoms with van der Waals surface area (Å²) in [5.74, 6) is -1.21. The first-order valence-corrected chi connectivity index (χ1v) is 6.16. The lowest BCUT2D eigenvalue weighted by Gasteiger charge is -2.16. The number of carbonyl (C=O) groups is 2. The van der Waals surface area contributed by atoms with Crippen molar-refractivity contribution in [2.45, 2.75) is 13.3 Å². The normalized spacial score (nSPS) is 18.5. The highest BCUT2D eigenvalue weighted by Crippen LogP contribution is 2.20. The Morgan fingerprint density at radius 1 is 1.42 bits per heavy atom. The molecule has 1 heterocycles. The highest BCUT2D eigenvalue weighted by molar-refractivity contribution is 5.95. The predicted octanol–water partition coefficient (Wildman–Crippen LogP) is 1.77. The van der Waals surface area contributed by atoms with Gasteiger partial charge in [0, 0.05) is 18.7 Å². The van der Waals surface area contributed by atoms with Crippen LogP contribution in [0.25, 0.3) is 0 Å². The molecule has 1 aromatic rings. The molecular formula is C14H16FNO3. The number of benzene rings is 1. The van der Waals surface area contributed by atoms with Gasteiger partial charge >= 0.3 is 5.97 Å². The van der Waals surface area contributed by atoms with Crippen LogP contribution < -0.4 is 0 Å². The summed E-state index contributed by atoms with van der Waals surface area (Å²) in [6, 6.07) is 4.42. The number of amides is 1. The third kappa shape index (κ3) is 2.75. The number of ether oxygens (including phenoxy) is 1. The van der Waals surface area contributed by atoms with Crippen LogP contribution >= 0.6 is 0 Å². The molecule has 0 aromatic heterocycles. The molecule has 2 rings (SSSR count). The lowest BCUT2D eigenvalue weighted by atomic mass is 10.1. The van der Waals surface area contributed by atoms with Gasteiger partial charge in [-0.2, -0.15) is 0 Å². The van der Waals surface area contributed by atoms with Gasteiger partial charge in [0.15, 0.2) is 0 Å². The maximum atomic E-state index is 13.4. The van der Waals surface area contributed by atoms with Crippen LogP contribution in [0.3, 0.4) is 0 Å². The Morgan fingerprint density at radius 3 is 2.79 bits per heavy atom. The molecule has 1 aromatic carbocycles. The van der Waals surface area contributed by atoms with Crippen molar-refractivity contribution in [3.8, 4) is 0 Å². The zero-order valence-corrected chi connectivity index (χ0v) is 11.0. The number of carbonyl (C=O) groups excluding carboxylic acids is 2. The number of methoxy groups -OCH3 is 1. The second-order valence-corrected chi connectivity index (χ2v) is 4.72. The van der Waals surface area contributed by atoms with E-state index in [1.807, 2.05) is 0 Å². The van der Waals surface area contributed by atoms with Crippen LogP contribution in [0.1, 0.15) is 22.3 Å². The number of rotatable bonds is 2. The van der Waals surface area contributed by atoms with Gasteiger partial charge in [-0.05, 0) is 31.0 Å². The molecule has 1 fully saturated rings. The summed E-state index contributed by atoms with van der Waals surface area (Å²) in [4.78, 5) is 25.1. The molecule has 0 N–H and O–H groups in total. The Kier molecular flexibility index (Phi) is 3.83. The molecule has 0 radical (unpaired) electrons. The first-order chi connectivity index (χ1) is 9.02. The first kappa shape index (κ1) is 13.5. The van der Waals surface area contributed by atoms with Crippen molar-refractivity contribution in [1.29, 1.82) is 0 Å².